The quantitative estimate of drug-likeness (QED) is 0.913. The topological polar surface area (TPSA) is 46.5 Å². The maximum atomic E-state index is 13.5. The second-order valence-electron chi connectivity index (χ2n) is 3.95. The van der Waals surface area contributed by atoms with Gasteiger partial charge in [-0.15, -0.1) is 0 Å². The molecule has 0 spiro atoms. The van der Waals surface area contributed by atoms with E-state index in [0.29, 0.717) is 4.47 Å². The predicted molar refractivity (Wildman–Crippen MR) is 71.8 cm³/mol. The average molecular weight is 343 g/mol. The highest BCUT2D eigenvalue weighted by atomic mass is 79.9. The second-order valence-corrected chi connectivity index (χ2v) is 4.80. The summed E-state index contributed by atoms with van der Waals surface area (Å²) >= 11 is 3.18. The summed E-state index contributed by atoms with van der Waals surface area (Å²) in [6.07, 6.45) is 0. The van der Waals surface area contributed by atoms with Crippen molar-refractivity contribution in [1.29, 1.82) is 0 Å². The lowest BCUT2D eigenvalue weighted by Crippen LogP contribution is -2.05. The number of halogens is 3. The zero-order valence-corrected chi connectivity index (χ0v) is 11.7. The zero-order chi connectivity index (χ0) is 14.7. The molecule has 104 valence electrons. The number of carbonyl (C=O) groups is 1. The van der Waals surface area contributed by atoms with Crippen molar-refractivity contribution in [2.45, 2.75) is 6.61 Å². The van der Waals surface area contributed by atoms with Crippen LogP contribution in [0.3, 0.4) is 0 Å². The van der Waals surface area contributed by atoms with Gasteiger partial charge in [0.25, 0.3) is 0 Å². The fourth-order valence-corrected chi connectivity index (χ4v) is 2.09. The van der Waals surface area contributed by atoms with Crippen LogP contribution in [0.1, 0.15) is 15.9 Å². The van der Waals surface area contributed by atoms with Gasteiger partial charge in [0.2, 0.25) is 0 Å². The summed E-state index contributed by atoms with van der Waals surface area (Å²) in [7, 11) is 0. The van der Waals surface area contributed by atoms with E-state index in [1.54, 1.807) is 12.1 Å². The molecule has 0 radical (unpaired) electrons. The van der Waals surface area contributed by atoms with Crippen LogP contribution >= 0.6 is 15.9 Å². The summed E-state index contributed by atoms with van der Waals surface area (Å²) < 4.78 is 32.0. The van der Waals surface area contributed by atoms with E-state index in [-0.39, 0.29) is 23.5 Å². The third kappa shape index (κ3) is 3.14. The Balaban J connectivity index is 2.25. The number of hydrogen-bond donors (Lipinski definition) is 1. The number of hydrogen-bond acceptors (Lipinski definition) is 2. The summed E-state index contributed by atoms with van der Waals surface area (Å²) in [5.74, 6) is -2.48. The van der Waals surface area contributed by atoms with Crippen LogP contribution in [-0.4, -0.2) is 11.1 Å². The summed E-state index contributed by atoms with van der Waals surface area (Å²) in [5.41, 5.74) is 0.0976. The molecule has 0 aliphatic carbocycles. The van der Waals surface area contributed by atoms with Gasteiger partial charge in [0, 0.05) is 11.6 Å². The van der Waals surface area contributed by atoms with E-state index in [9.17, 15) is 13.6 Å². The van der Waals surface area contributed by atoms with Gasteiger partial charge in [-0.1, -0.05) is 6.07 Å². The van der Waals surface area contributed by atoms with Crippen molar-refractivity contribution in [1.82, 2.24) is 0 Å². The first-order chi connectivity index (χ1) is 9.49. The zero-order valence-electron chi connectivity index (χ0n) is 10.1. The first-order valence-electron chi connectivity index (χ1n) is 5.57. The van der Waals surface area contributed by atoms with Crippen LogP contribution in [0, 0.1) is 11.6 Å². The van der Waals surface area contributed by atoms with Crippen LogP contribution in [-0.2, 0) is 6.61 Å². The normalized spacial score (nSPS) is 10.3. The van der Waals surface area contributed by atoms with Crippen LogP contribution in [0.5, 0.6) is 5.75 Å². The molecule has 6 heteroatoms. The monoisotopic (exact) mass is 342 g/mol. The molecule has 0 fully saturated rings. The Morgan fingerprint density at radius 3 is 2.65 bits per heavy atom. The minimum atomic E-state index is -1.15. The van der Waals surface area contributed by atoms with Crippen molar-refractivity contribution >= 4 is 21.9 Å². The molecule has 0 saturated carbocycles. The lowest BCUT2D eigenvalue weighted by molar-refractivity contribution is 0.0691. The molecule has 20 heavy (non-hydrogen) atoms. The summed E-state index contributed by atoms with van der Waals surface area (Å²) in [5, 5.41) is 9.05. The Morgan fingerprint density at radius 1 is 1.25 bits per heavy atom. The van der Waals surface area contributed by atoms with E-state index >= 15 is 0 Å². The Hall–Kier alpha value is -1.95. The van der Waals surface area contributed by atoms with Crippen molar-refractivity contribution in [2.24, 2.45) is 0 Å². The van der Waals surface area contributed by atoms with E-state index in [1.807, 2.05) is 0 Å². The lowest BCUT2D eigenvalue weighted by atomic mass is 10.2. The Morgan fingerprint density at radius 2 is 2.00 bits per heavy atom. The molecule has 0 amide bonds. The lowest BCUT2D eigenvalue weighted by Gasteiger charge is -2.11. The van der Waals surface area contributed by atoms with E-state index < -0.39 is 17.6 Å². The number of carboxylic acids is 1. The van der Waals surface area contributed by atoms with Crippen molar-refractivity contribution in [3.05, 3.63) is 63.6 Å². The van der Waals surface area contributed by atoms with Gasteiger partial charge >= 0.3 is 5.97 Å². The van der Waals surface area contributed by atoms with Crippen LogP contribution in [0.2, 0.25) is 0 Å². The van der Waals surface area contributed by atoms with Gasteiger partial charge in [-0.3, -0.25) is 0 Å². The molecule has 2 aromatic rings. The van der Waals surface area contributed by atoms with E-state index in [0.717, 1.165) is 12.1 Å². The van der Waals surface area contributed by atoms with Gasteiger partial charge in [0.1, 0.15) is 29.6 Å². The number of benzene rings is 2. The predicted octanol–water partition coefficient (Wildman–Crippen LogP) is 4.00. The Bertz CT molecular complexity index is 659. The minimum Gasteiger partial charge on any atom is -0.487 e. The molecule has 0 aliphatic rings. The highest BCUT2D eigenvalue weighted by molar-refractivity contribution is 9.10. The maximum absolute atomic E-state index is 13.5. The molecule has 0 aliphatic heterocycles. The fraction of sp³-hybridized carbons (Fsp3) is 0.0714. The highest BCUT2D eigenvalue weighted by Crippen LogP contribution is 2.30. The highest BCUT2D eigenvalue weighted by Gasteiger charge is 2.15. The molecule has 1 N–H and O–H groups in total. The number of ether oxygens (including phenoxy) is 1. The molecule has 0 heterocycles. The number of aromatic carboxylic acids is 1. The standard InChI is InChI=1S/C14H9BrF2O3/c15-11-3-1-2-10(14(18)19)13(11)20-7-8-4-5-9(16)6-12(8)17/h1-6H,7H2,(H,18,19). The first-order valence-corrected chi connectivity index (χ1v) is 6.37. The molecule has 0 unspecified atom stereocenters. The van der Waals surface area contributed by atoms with Gasteiger partial charge in [-0.2, -0.15) is 0 Å². The van der Waals surface area contributed by atoms with Gasteiger partial charge in [-0.05, 0) is 40.2 Å². The Kier molecular flexibility index (Phi) is 4.34. The van der Waals surface area contributed by atoms with E-state index in [4.69, 9.17) is 9.84 Å². The van der Waals surface area contributed by atoms with Crippen molar-refractivity contribution in [2.75, 3.05) is 0 Å². The Labute approximate surface area is 121 Å². The second kappa shape index (κ2) is 6.00. The SMILES string of the molecule is O=C(O)c1cccc(Br)c1OCc1ccc(F)cc1F. The first kappa shape index (κ1) is 14.5. The van der Waals surface area contributed by atoms with Gasteiger partial charge < -0.3 is 9.84 Å². The third-order valence-electron chi connectivity index (χ3n) is 2.58. The molecule has 0 atom stereocenters. The molecule has 0 saturated heterocycles. The minimum absolute atomic E-state index is 0.0399. The van der Waals surface area contributed by atoms with Crippen LogP contribution < -0.4 is 4.74 Å². The molecule has 0 bridgehead atoms. The van der Waals surface area contributed by atoms with Gasteiger partial charge in [0.15, 0.2) is 0 Å². The molecule has 2 aromatic carbocycles. The van der Waals surface area contributed by atoms with E-state index in [1.165, 1.54) is 12.1 Å². The summed E-state index contributed by atoms with van der Waals surface area (Å²) in [4.78, 5) is 11.1. The maximum Gasteiger partial charge on any atom is 0.339 e. The molecular weight excluding hydrogens is 334 g/mol. The number of para-hydroxylation sites is 1. The smallest absolute Gasteiger partial charge is 0.339 e. The number of rotatable bonds is 4. The largest absolute Gasteiger partial charge is 0.487 e. The van der Waals surface area contributed by atoms with Crippen LogP contribution in [0.4, 0.5) is 8.78 Å². The van der Waals surface area contributed by atoms with Crippen LogP contribution in [0.25, 0.3) is 0 Å². The summed E-state index contributed by atoms with van der Waals surface area (Å²) in [6.45, 7) is -0.199. The molecule has 2 rings (SSSR count). The van der Waals surface area contributed by atoms with E-state index in [2.05, 4.69) is 15.9 Å². The van der Waals surface area contributed by atoms with Gasteiger partial charge in [0.05, 0.1) is 4.47 Å². The van der Waals surface area contributed by atoms with Crippen molar-refractivity contribution in [3.8, 4) is 5.75 Å². The number of carboxylic acid groups (broad SMARTS) is 1. The van der Waals surface area contributed by atoms with Crippen molar-refractivity contribution < 1.29 is 23.4 Å². The molecule has 3 nitrogen and oxygen atoms in total. The third-order valence-corrected chi connectivity index (χ3v) is 3.21. The van der Waals surface area contributed by atoms with Crippen molar-refractivity contribution in [3.63, 3.8) is 0 Å². The molecular formula is C14H9BrF2O3. The average Bonchev–Trinajstić information content (AvgIpc) is 2.38. The van der Waals surface area contributed by atoms with Crippen LogP contribution in [0.15, 0.2) is 40.9 Å². The fourth-order valence-electron chi connectivity index (χ4n) is 1.61. The summed E-state index contributed by atoms with van der Waals surface area (Å²) in [6, 6.07) is 7.66. The molecule has 0 aromatic heterocycles. The van der Waals surface area contributed by atoms with Gasteiger partial charge in [-0.25, -0.2) is 13.6 Å².